The van der Waals surface area contributed by atoms with Gasteiger partial charge in [-0.1, -0.05) is 24.6 Å². The standard InChI is InChI=1S/C20H24ClFN4O2/c1-4-15(26-11(3)8-17(24)27)12-5-6-13(21)18(19(12)22)20(28)16-7-10(2)14(23)9-25-16/h5-7,9,11,15,26H,4,8,23H2,1-3H3,(H2,24,27)/t11-,15-/m1/s1. The lowest BCUT2D eigenvalue weighted by Gasteiger charge is -2.23. The van der Waals surface area contributed by atoms with Gasteiger partial charge in [0.25, 0.3) is 0 Å². The largest absolute Gasteiger partial charge is 0.397 e. The number of hydrogen-bond donors (Lipinski definition) is 3. The second-order valence-electron chi connectivity index (χ2n) is 6.78. The number of benzene rings is 1. The lowest BCUT2D eigenvalue weighted by Crippen LogP contribution is -2.34. The number of anilines is 1. The normalized spacial score (nSPS) is 13.2. The molecule has 2 atom stereocenters. The lowest BCUT2D eigenvalue weighted by molar-refractivity contribution is -0.118. The summed E-state index contributed by atoms with van der Waals surface area (Å²) in [6, 6.07) is 3.86. The Balaban J connectivity index is 2.43. The summed E-state index contributed by atoms with van der Waals surface area (Å²) in [5.41, 5.74) is 12.2. The number of amides is 1. The molecule has 0 radical (unpaired) electrons. The van der Waals surface area contributed by atoms with Crippen LogP contribution in [0.4, 0.5) is 10.1 Å². The van der Waals surface area contributed by atoms with E-state index >= 15 is 4.39 Å². The van der Waals surface area contributed by atoms with Crippen LogP contribution in [0.15, 0.2) is 24.4 Å². The lowest BCUT2D eigenvalue weighted by atomic mass is 9.96. The van der Waals surface area contributed by atoms with Crippen molar-refractivity contribution in [1.82, 2.24) is 10.3 Å². The van der Waals surface area contributed by atoms with Crippen molar-refractivity contribution < 1.29 is 14.0 Å². The van der Waals surface area contributed by atoms with Crippen LogP contribution in [0, 0.1) is 12.7 Å². The van der Waals surface area contributed by atoms with Gasteiger partial charge in [0.15, 0.2) is 0 Å². The fourth-order valence-corrected chi connectivity index (χ4v) is 3.23. The average Bonchev–Trinajstić information content (AvgIpc) is 2.61. The van der Waals surface area contributed by atoms with Crippen molar-refractivity contribution in [2.24, 2.45) is 5.73 Å². The number of rotatable bonds is 8. The number of hydrogen-bond acceptors (Lipinski definition) is 5. The minimum absolute atomic E-state index is 0.00238. The molecule has 8 heteroatoms. The molecule has 5 N–H and O–H groups in total. The average molecular weight is 407 g/mol. The highest BCUT2D eigenvalue weighted by molar-refractivity contribution is 6.35. The van der Waals surface area contributed by atoms with E-state index in [0.717, 1.165) is 0 Å². The first-order chi connectivity index (χ1) is 13.1. The third-order valence-electron chi connectivity index (χ3n) is 4.51. The highest BCUT2D eigenvalue weighted by atomic mass is 35.5. The Bertz CT molecular complexity index is 904. The number of primary amides is 1. The minimum Gasteiger partial charge on any atom is -0.397 e. The van der Waals surface area contributed by atoms with E-state index < -0.39 is 23.5 Å². The number of nitrogen functional groups attached to an aromatic ring is 1. The van der Waals surface area contributed by atoms with Gasteiger partial charge in [0.1, 0.15) is 11.5 Å². The third-order valence-corrected chi connectivity index (χ3v) is 4.82. The number of ketones is 1. The van der Waals surface area contributed by atoms with Crippen LogP contribution in [0.5, 0.6) is 0 Å². The van der Waals surface area contributed by atoms with E-state index in [0.29, 0.717) is 23.2 Å². The van der Waals surface area contributed by atoms with Gasteiger partial charge in [0, 0.05) is 24.1 Å². The van der Waals surface area contributed by atoms with Crippen molar-refractivity contribution in [3.05, 3.63) is 57.6 Å². The van der Waals surface area contributed by atoms with Gasteiger partial charge in [-0.15, -0.1) is 0 Å². The summed E-state index contributed by atoms with van der Waals surface area (Å²) < 4.78 is 15.3. The Labute approximate surface area is 168 Å². The van der Waals surface area contributed by atoms with E-state index in [4.69, 9.17) is 23.1 Å². The Kier molecular flexibility index (Phi) is 7.10. The topological polar surface area (TPSA) is 111 Å². The van der Waals surface area contributed by atoms with Crippen molar-refractivity contribution in [2.45, 2.75) is 45.7 Å². The van der Waals surface area contributed by atoms with Gasteiger partial charge in [-0.2, -0.15) is 0 Å². The minimum atomic E-state index is -0.709. The van der Waals surface area contributed by atoms with Crippen LogP contribution in [-0.4, -0.2) is 22.7 Å². The Morgan fingerprint density at radius 2 is 2.04 bits per heavy atom. The molecular weight excluding hydrogens is 383 g/mol. The third kappa shape index (κ3) is 4.85. The van der Waals surface area contributed by atoms with E-state index in [1.54, 1.807) is 13.8 Å². The Hall–Kier alpha value is -2.51. The van der Waals surface area contributed by atoms with E-state index in [-0.39, 0.29) is 28.7 Å². The number of aryl methyl sites for hydroxylation is 1. The first-order valence-electron chi connectivity index (χ1n) is 8.94. The van der Waals surface area contributed by atoms with Gasteiger partial charge in [-0.25, -0.2) is 4.39 Å². The number of nitrogens with two attached hydrogens (primary N) is 2. The van der Waals surface area contributed by atoms with Crippen LogP contribution >= 0.6 is 11.6 Å². The predicted octanol–water partition coefficient (Wildman–Crippen LogP) is 3.30. The molecule has 0 unspecified atom stereocenters. The highest BCUT2D eigenvalue weighted by Gasteiger charge is 2.25. The van der Waals surface area contributed by atoms with Crippen molar-refractivity contribution in [1.29, 1.82) is 0 Å². The molecule has 2 aromatic rings. The molecule has 28 heavy (non-hydrogen) atoms. The van der Waals surface area contributed by atoms with Gasteiger partial charge in [-0.05, 0) is 38.0 Å². The number of carbonyl (C=O) groups is 2. The molecule has 0 aliphatic rings. The van der Waals surface area contributed by atoms with Crippen LogP contribution in [0.25, 0.3) is 0 Å². The summed E-state index contributed by atoms with van der Waals surface area (Å²) in [4.78, 5) is 28.0. The summed E-state index contributed by atoms with van der Waals surface area (Å²) >= 11 is 6.14. The summed E-state index contributed by atoms with van der Waals surface area (Å²) in [6.45, 7) is 5.39. The van der Waals surface area contributed by atoms with Gasteiger partial charge < -0.3 is 16.8 Å². The molecule has 0 saturated carbocycles. The zero-order valence-corrected chi connectivity index (χ0v) is 16.8. The SMILES string of the molecule is CC[C@@H](N[C@H](C)CC(N)=O)c1ccc(Cl)c(C(=O)c2cc(C)c(N)cn2)c1F. The summed E-state index contributed by atoms with van der Waals surface area (Å²) in [5.74, 6) is -1.78. The smallest absolute Gasteiger partial charge is 0.218 e. The molecule has 0 fully saturated rings. The quantitative estimate of drug-likeness (QED) is 0.582. The Morgan fingerprint density at radius 1 is 1.36 bits per heavy atom. The van der Waals surface area contributed by atoms with Gasteiger partial charge in [-0.3, -0.25) is 14.6 Å². The molecule has 0 spiro atoms. The van der Waals surface area contributed by atoms with Crippen molar-refractivity contribution in [2.75, 3.05) is 5.73 Å². The molecule has 0 aliphatic heterocycles. The highest BCUT2D eigenvalue weighted by Crippen LogP contribution is 2.30. The molecule has 0 saturated heterocycles. The maximum atomic E-state index is 15.3. The number of nitrogens with one attached hydrogen (secondary N) is 1. The van der Waals surface area contributed by atoms with Crippen molar-refractivity contribution in [3.8, 4) is 0 Å². The van der Waals surface area contributed by atoms with Gasteiger partial charge in [0.2, 0.25) is 11.7 Å². The van der Waals surface area contributed by atoms with E-state index in [1.807, 2.05) is 6.92 Å². The fraction of sp³-hybridized carbons (Fsp3) is 0.350. The molecule has 1 heterocycles. The predicted molar refractivity (Wildman–Crippen MR) is 108 cm³/mol. The van der Waals surface area contributed by atoms with Crippen LogP contribution in [0.3, 0.4) is 0 Å². The van der Waals surface area contributed by atoms with E-state index in [2.05, 4.69) is 10.3 Å². The molecule has 0 aliphatic carbocycles. The van der Waals surface area contributed by atoms with E-state index in [9.17, 15) is 9.59 Å². The van der Waals surface area contributed by atoms with Gasteiger partial charge >= 0.3 is 0 Å². The molecule has 150 valence electrons. The Morgan fingerprint density at radius 3 is 2.61 bits per heavy atom. The first-order valence-corrected chi connectivity index (χ1v) is 9.32. The number of aromatic nitrogens is 1. The molecule has 2 rings (SSSR count). The van der Waals surface area contributed by atoms with Crippen LogP contribution in [-0.2, 0) is 4.79 Å². The second kappa shape index (κ2) is 9.12. The molecule has 1 aromatic heterocycles. The van der Waals surface area contributed by atoms with Crippen LogP contribution in [0.2, 0.25) is 5.02 Å². The maximum Gasteiger partial charge on any atom is 0.218 e. The fourth-order valence-electron chi connectivity index (χ4n) is 3.00. The van der Waals surface area contributed by atoms with Crippen LogP contribution < -0.4 is 16.8 Å². The number of carbonyl (C=O) groups excluding carboxylic acids is 2. The van der Waals surface area contributed by atoms with Gasteiger partial charge in [0.05, 0.1) is 22.5 Å². The molecular formula is C20H24ClFN4O2. The number of nitrogens with zero attached hydrogens (tertiary/aromatic N) is 1. The molecule has 1 aromatic carbocycles. The molecule has 1 amide bonds. The van der Waals surface area contributed by atoms with Crippen molar-refractivity contribution in [3.63, 3.8) is 0 Å². The maximum absolute atomic E-state index is 15.3. The monoisotopic (exact) mass is 406 g/mol. The first kappa shape index (κ1) is 21.8. The van der Waals surface area contributed by atoms with Crippen molar-refractivity contribution >= 4 is 29.0 Å². The summed E-state index contributed by atoms with van der Waals surface area (Å²) in [5, 5.41) is 3.17. The summed E-state index contributed by atoms with van der Waals surface area (Å²) in [6.07, 6.45) is 2.01. The second-order valence-corrected chi connectivity index (χ2v) is 7.19. The zero-order valence-electron chi connectivity index (χ0n) is 16.1. The summed E-state index contributed by atoms with van der Waals surface area (Å²) in [7, 11) is 0. The molecule has 6 nitrogen and oxygen atoms in total. The number of halogens is 2. The van der Waals surface area contributed by atoms with E-state index in [1.165, 1.54) is 24.4 Å². The van der Waals surface area contributed by atoms with Crippen LogP contribution in [0.1, 0.15) is 59.9 Å². The zero-order chi connectivity index (χ0) is 21.0. The molecule has 0 bridgehead atoms. The number of pyridine rings is 1.